The Balaban J connectivity index is 1.48. The van der Waals surface area contributed by atoms with Crippen LogP contribution >= 0.6 is 0 Å². The minimum atomic E-state index is -2.69. The zero-order valence-electron chi connectivity index (χ0n) is 22.6. The topological polar surface area (TPSA) is 81.4 Å². The number of tetrazole rings is 1. The number of alkyl halides is 2. The Labute approximate surface area is 227 Å². The molecule has 39 heavy (non-hydrogen) atoms. The lowest BCUT2D eigenvalue weighted by Crippen LogP contribution is -2.29. The summed E-state index contributed by atoms with van der Waals surface area (Å²) in [5.74, 6) is 1.20. The van der Waals surface area contributed by atoms with Gasteiger partial charge < -0.3 is 0 Å². The van der Waals surface area contributed by atoms with E-state index in [0.29, 0.717) is 30.4 Å². The summed E-state index contributed by atoms with van der Waals surface area (Å²) in [5, 5.41) is 14.2. The predicted molar refractivity (Wildman–Crippen MR) is 148 cm³/mol. The van der Waals surface area contributed by atoms with Crippen molar-refractivity contribution in [1.82, 2.24) is 29.8 Å². The van der Waals surface area contributed by atoms with Gasteiger partial charge in [-0.05, 0) is 64.6 Å². The number of aromatic nitrogens is 6. The van der Waals surface area contributed by atoms with Crippen molar-refractivity contribution in [1.29, 1.82) is 0 Å². The summed E-state index contributed by atoms with van der Waals surface area (Å²) in [5.41, 5.74) is 3.79. The second-order valence-electron chi connectivity index (χ2n) is 11.0. The summed E-state index contributed by atoms with van der Waals surface area (Å²) in [4.78, 5) is 13.7. The summed E-state index contributed by atoms with van der Waals surface area (Å²) in [6.45, 7) is 4.80. The molecule has 0 bridgehead atoms. The number of hydrogen-bond donors (Lipinski definition) is 1. The average Bonchev–Trinajstić information content (AvgIpc) is 3.56. The Morgan fingerprint density at radius 2 is 1.69 bits per heavy atom. The predicted octanol–water partition coefficient (Wildman–Crippen LogP) is 6.65. The molecule has 1 aliphatic rings. The molecule has 1 saturated carbocycles. The standard InChI is InChI=1S/C30H36F2N6O/c1-20(2)12-17-26-27(28(31)32)38(19-21-8-4-3-5-9-21)30(39)37(26)18-22-13-15-23(16-14-22)24-10-6-7-11-25(24)29-33-35-36-34-29/h6-7,10-11,13-16,20-21,28H,3-5,8-9,12,17-19H2,1-2H3,(H,33,34,35,36). The molecule has 2 aromatic heterocycles. The minimum Gasteiger partial charge on any atom is -0.291 e. The van der Waals surface area contributed by atoms with Crippen molar-refractivity contribution in [3.8, 4) is 22.5 Å². The van der Waals surface area contributed by atoms with E-state index in [1.807, 2.05) is 48.5 Å². The number of nitrogens with one attached hydrogen (secondary N) is 1. The van der Waals surface area contributed by atoms with Gasteiger partial charge in [-0.15, -0.1) is 5.10 Å². The lowest BCUT2D eigenvalue weighted by molar-refractivity contribution is 0.136. The van der Waals surface area contributed by atoms with Gasteiger partial charge >= 0.3 is 5.69 Å². The van der Waals surface area contributed by atoms with Crippen LogP contribution in [0.15, 0.2) is 53.3 Å². The van der Waals surface area contributed by atoms with Gasteiger partial charge in [0.2, 0.25) is 0 Å². The summed E-state index contributed by atoms with van der Waals surface area (Å²) in [7, 11) is 0. The van der Waals surface area contributed by atoms with Crippen molar-refractivity contribution >= 4 is 0 Å². The second kappa shape index (κ2) is 12.1. The van der Waals surface area contributed by atoms with E-state index in [1.54, 1.807) is 4.57 Å². The van der Waals surface area contributed by atoms with Crippen molar-refractivity contribution in [2.75, 3.05) is 0 Å². The molecule has 0 saturated heterocycles. The molecule has 2 heterocycles. The SMILES string of the molecule is CC(C)CCc1c(C(F)F)n(CC2CCCCC2)c(=O)n1Cc1ccc(-c2ccccc2-c2nnn[nH]2)cc1. The molecule has 9 heteroatoms. The maximum absolute atomic E-state index is 14.5. The average molecular weight is 535 g/mol. The van der Waals surface area contributed by atoms with Gasteiger partial charge in [-0.25, -0.2) is 18.7 Å². The molecule has 1 N–H and O–H groups in total. The summed E-state index contributed by atoms with van der Waals surface area (Å²) in [6.07, 6.45) is 3.90. The number of aromatic amines is 1. The van der Waals surface area contributed by atoms with Crippen molar-refractivity contribution < 1.29 is 8.78 Å². The van der Waals surface area contributed by atoms with Gasteiger partial charge in [0.05, 0.1) is 6.54 Å². The van der Waals surface area contributed by atoms with Crippen LogP contribution in [0.4, 0.5) is 8.78 Å². The van der Waals surface area contributed by atoms with Crippen molar-refractivity contribution in [2.45, 2.75) is 78.3 Å². The van der Waals surface area contributed by atoms with E-state index >= 15 is 0 Å². The lowest BCUT2D eigenvalue weighted by atomic mass is 9.89. The molecule has 0 aliphatic heterocycles. The van der Waals surface area contributed by atoms with Crippen LogP contribution in [0.2, 0.25) is 0 Å². The van der Waals surface area contributed by atoms with Gasteiger partial charge in [0.1, 0.15) is 5.69 Å². The third kappa shape index (κ3) is 6.02. The van der Waals surface area contributed by atoms with E-state index in [0.717, 1.165) is 54.4 Å². The zero-order chi connectivity index (χ0) is 27.4. The molecule has 5 rings (SSSR count). The fourth-order valence-corrected chi connectivity index (χ4v) is 5.74. The van der Waals surface area contributed by atoms with Crippen LogP contribution in [-0.4, -0.2) is 29.8 Å². The van der Waals surface area contributed by atoms with Gasteiger partial charge in [0, 0.05) is 17.8 Å². The Morgan fingerprint density at radius 3 is 2.33 bits per heavy atom. The quantitative estimate of drug-likeness (QED) is 0.247. The van der Waals surface area contributed by atoms with Crippen LogP contribution in [0.3, 0.4) is 0 Å². The van der Waals surface area contributed by atoms with Gasteiger partial charge in [0.15, 0.2) is 5.82 Å². The highest BCUT2D eigenvalue weighted by Crippen LogP contribution is 2.31. The number of nitrogens with zero attached hydrogens (tertiary/aromatic N) is 5. The third-order valence-electron chi connectivity index (χ3n) is 7.84. The van der Waals surface area contributed by atoms with Crippen LogP contribution in [0.1, 0.15) is 75.7 Å². The molecular weight excluding hydrogens is 498 g/mol. The molecule has 0 spiro atoms. The van der Waals surface area contributed by atoms with Crippen LogP contribution in [-0.2, 0) is 19.5 Å². The van der Waals surface area contributed by atoms with Crippen LogP contribution in [0.5, 0.6) is 0 Å². The number of rotatable bonds is 10. The Kier molecular flexibility index (Phi) is 8.33. The molecule has 206 valence electrons. The summed E-state index contributed by atoms with van der Waals surface area (Å²) < 4.78 is 32.0. The monoisotopic (exact) mass is 534 g/mol. The van der Waals surface area contributed by atoms with E-state index in [1.165, 1.54) is 11.0 Å². The fourth-order valence-electron chi connectivity index (χ4n) is 5.74. The molecule has 0 amide bonds. The first-order valence-corrected chi connectivity index (χ1v) is 13.9. The molecule has 2 aromatic carbocycles. The van der Waals surface area contributed by atoms with Gasteiger partial charge in [-0.2, -0.15) is 0 Å². The summed E-state index contributed by atoms with van der Waals surface area (Å²) in [6, 6.07) is 15.7. The van der Waals surface area contributed by atoms with Crippen molar-refractivity contribution in [2.24, 2.45) is 11.8 Å². The van der Waals surface area contributed by atoms with Gasteiger partial charge in [-0.1, -0.05) is 81.6 Å². The Bertz CT molecular complexity index is 1420. The minimum absolute atomic E-state index is 0.0857. The number of benzene rings is 2. The van der Waals surface area contributed by atoms with E-state index in [2.05, 4.69) is 34.5 Å². The number of halogens is 2. The van der Waals surface area contributed by atoms with Gasteiger partial charge in [0.25, 0.3) is 6.43 Å². The normalized spacial score (nSPS) is 14.5. The summed E-state index contributed by atoms with van der Waals surface area (Å²) >= 11 is 0. The van der Waals surface area contributed by atoms with E-state index in [4.69, 9.17) is 0 Å². The second-order valence-corrected chi connectivity index (χ2v) is 11.0. The number of hydrogen-bond acceptors (Lipinski definition) is 4. The van der Waals surface area contributed by atoms with Crippen molar-refractivity contribution in [3.63, 3.8) is 0 Å². The molecule has 1 fully saturated rings. The highest BCUT2D eigenvalue weighted by molar-refractivity contribution is 5.80. The van der Waals surface area contributed by atoms with Crippen LogP contribution in [0.25, 0.3) is 22.5 Å². The smallest absolute Gasteiger partial charge is 0.291 e. The first kappa shape index (κ1) is 27.0. The molecule has 0 atom stereocenters. The van der Waals surface area contributed by atoms with Crippen molar-refractivity contribution in [3.05, 3.63) is 76.0 Å². The first-order valence-electron chi connectivity index (χ1n) is 13.9. The first-order chi connectivity index (χ1) is 18.9. The van der Waals surface area contributed by atoms with Gasteiger partial charge in [-0.3, -0.25) is 9.13 Å². The molecule has 1 aliphatic carbocycles. The Hall–Kier alpha value is -3.62. The Morgan fingerprint density at radius 1 is 0.974 bits per heavy atom. The van der Waals surface area contributed by atoms with Crippen LogP contribution < -0.4 is 5.69 Å². The number of imidazole rings is 1. The zero-order valence-corrected chi connectivity index (χ0v) is 22.6. The molecule has 0 unspecified atom stereocenters. The highest BCUT2D eigenvalue weighted by Gasteiger charge is 2.28. The third-order valence-corrected chi connectivity index (χ3v) is 7.84. The lowest BCUT2D eigenvalue weighted by Gasteiger charge is -2.22. The van der Waals surface area contributed by atoms with E-state index < -0.39 is 6.43 Å². The maximum Gasteiger partial charge on any atom is 0.329 e. The van der Waals surface area contributed by atoms with E-state index in [-0.39, 0.29) is 23.8 Å². The highest BCUT2D eigenvalue weighted by atomic mass is 19.3. The van der Waals surface area contributed by atoms with E-state index in [9.17, 15) is 13.6 Å². The molecule has 0 radical (unpaired) electrons. The maximum atomic E-state index is 14.5. The van der Waals surface area contributed by atoms with Crippen LogP contribution in [0, 0.1) is 11.8 Å². The fraction of sp³-hybridized carbons (Fsp3) is 0.467. The molecule has 7 nitrogen and oxygen atoms in total. The number of H-pyrrole nitrogens is 1. The largest absolute Gasteiger partial charge is 0.329 e. The molecule has 4 aromatic rings. The molecular formula is C30H36F2N6O.